The SMILES string of the molecule is COc1cccc(CCCN(C)C)c1OC(F)F. The molecule has 0 unspecified atom stereocenters. The number of ether oxygens (including phenoxy) is 2. The van der Waals surface area contributed by atoms with E-state index >= 15 is 0 Å². The number of aryl methyl sites for hydroxylation is 1. The third-order valence-electron chi connectivity index (χ3n) is 2.54. The van der Waals surface area contributed by atoms with Crippen molar-refractivity contribution in [1.29, 1.82) is 0 Å². The van der Waals surface area contributed by atoms with E-state index in [1.54, 1.807) is 18.2 Å². The Morgan fingerprint density at radius 2 is 2.00 bits per heavy atom. The molecular weight excluding hydrogens is 240 g/mol. The van der Waals surface area contributed by atoms with Gasteiger partial charge in [-0.05, 0) is 45.1 Å². The minimum atomic E-state index is -2.84. The second-order valence-corrected chi connectivity index (χ2v) is 4.23. The summed E-state index contributed by atoms with van der Waals surface area (Å²) in [5.74, 6) is 0.492. The standard InChI is InChI=1S/C13H19F2NO2/c1-16(2)9-5-7-10-6-4-8-11(17-3)12(10)18-13(14)15/h4,6,8,13H,5,7,9H2,1-3H3. The number of hydrogen-bond acceptors (Lipinski definition) is 3. The van der Waals surface area contributed by atoms with Crippen LogP contribution in [0.25, 0.3) is 0 Å². The fourth-order valence-corrected chi connectivity index (χ4v) is 1.73. The minimum absolute atomic E-state index is 0.147. The molecular formula is C13H19F2NO2. The molecule has 5 heteroatoms. The van der Waals surface area contributed by atoms with Crippen molar-refractivity contribution in [3.8, 4) is 11.5 Å². The Kier molecular flexibility index (Phi) is 5.85. The van der Waals surface area contributed by atoms with E-state index in [0.717, 1.165) is 18.5 Å². The zero-order chi connectivity index (χ0) is 13.5. The summed E-state index contributed by atoms with van der Waals surface area (Å²) in [7, 11) is 5.39. The van der Waals surface area contributed by atoms with Gasteiger partial charge in [-0.1, -0.05) is 12.1 Å². The van der Waals surface area contributed by atoms with Crippen molar-refractivity contribution in [1.82, 2.24) is 4.90 Å². The molecule has 0 aliphatic rings. The van der Waals surface area contributed by atoms with Crippen LogP contribution in [0.3, 0.4) is 0 Å². The van der Waals surface area contributed by atoms with Crippen molar-refractivity contribution < 1.29 is 18.3 Å². The number of hydrogen-bond donors (Lipinski definition) is 0. The lowest BCUT2D eigenvalue weighted by atomic mass is 10.1. The average molecular weight is 259 g/mol. The number of para-hydroxylation sites is 1. The Morgan fingerprint density at radius 1 is 1.28 bits per heavy atom. The van der Waals surface area contributed by atoms with E-state index in [0.29, 0.717) is 12.2 Å². The molecule has 18 heavy (non-hydrogen) atoms. The normalized spacial score (nSPS) is 11.1. The highest BCUT2D eigenvalue weighted by Gasteiger charge is 2.14. The molecule has 0 atom stereocenters. The van der Waals surface area contributed by atoms with Gasteiger partial charge < -0.3 is 14.4 Å². The topological polar surface area (TPSA) is 21.7 Å². The van der Waals surface area contributed by atoms with Crippen LogP contribution in [0.5, 0.6) is 11.5 Å². The van der Waals surface area contributed by atoms with Gasteiger partial charge in [-0.15, -0.1) is 0 Å². The highest BCUT2D eigenvalue weighted by atomic mass is 19.3. The van der Waals surface area contributed by atoms with E-state index in [-0.39, 0.29) is 5.75 Å². The molecule has 0 heterocycles. The molecule has 0 aliphatic heterocycles. The van der Waals surface area contributed by atoms with Crippen LogP contribution in [0.15, 0.2) is 18.2 Å². The maximum Gasteiger partial charge on any atom is 0.387 e. The molecule has 0 aromatic heterocycles. The van der Waals surface area contributed by atoms with Crippen molar-refractivity contribution in [2.75, 3.05) is 27.7 Å². The van der Waals surface area contributed by atoms with E-state index in [2.05, 4.69) is 4.74 Å². The second-order valence-electron chi connectivity index (χ2n) is 4.23. The van der Waals surface area contributed by atoms with Crippen LogP contribution in [0.2, 0.25) is 0 Å². The molecule has 0 bridgehead atoms. The minimum Gasteiger partial charge on any atom is -0.493 e. The summed E-state index contributed by atoms with van der Waals surface area (Å²) >= 11 is 0. The molecule has 0 spiro atoms. The number of alkyl halides is 2. The molecule has 0 fully saturated rings. The first-order valence-electron chi connectivity index (χ1n) is 5.80. The summed E-state index contributed by atoms with van der Waals surface area (Å²) in [5, 5.41) is 0. The summed E-state index contributed by atoms with van der Waals surface area (Å²) in [6.07, 6.45) is 1.55. The van der Waals surface area contributed by atoms with E-state index in [1.165, 1.54) is 7.11 Å². The smallest absolute Gasteiger partial charge is 0.387 e. The zero-order valence-electron chi connectivity index (χ0n) is 11.0. The molecule has 1 aromatic rings. The number of nitrogens with zero attached hydrogens (tertiary/aromatic N) is 1. The third-order valence-corrected chi connectivity index (χ3v) is 2.54. The number of rotatable bonds is 7. The van der Waals surface area contributed by atoms with Crippen molar-refractivity contribution in [2.45, 2.75) is 19.5 Å². The Balaban J connectivity index is 2.81. The summed E-state index contributed by atoms with van der Waals surface area (Å²) in [6, 6.07) is 5.19. The molecule has 0 amide bonds. The number of benzene rings is 1. The molecule has 3 nitrogen and oxygen atoms in total. The van der Waals surface area contributed by atoms with Crippen molar-refractivity contribution in [2.24, 2.45) is 0 Å². The van der Waals surface area contributed by atoms with Gasteiger partial charge in [0.15, 0.2) is 11.5 Å². The lowest BCUT2D eigenvalue weighted by Gasteiger charge is -2.15. The Morgan fingerprint density at radius 3 is 2.56 bits per heavy atom. The van der Waals surface area contributed by atoms with Gasteiger partial charge in [-0.25, -0.2) is 0 Å². The highest BCUT2D eigenvalue weighted by Crippen LogP contribution is 2.33. The van der Waals surface area contributed by atoms with E-state index in [1.807, 2.05) is 19.0 Å². The fourth-order valence-electron chi connectivity index (χ4n) is 1.73. The average Bonchev–Trinajstić information content (AvgIpc) is 2.30. The summed E-state index contributed by atoms with van der Waals surface area (Å²) in [4.78, 5) is 2.05. The zero-order valence-corrected chi connectivity index (χ0v) is 11.0. The maximum absolute atomic E-state index is 12.4. The van der Waals surface area contributed by atoms with Gasteiger partial charge in [0.25, 0.3) is 0 Å². The molecule has 1 rings (SSSR count). The fraction of sp³-hybridized carbons (Fsp3) is 0.538. The summed E-state index contributed by atoms with van der Waals surface area (Å²) in [5.41, 5.74) is 0.747. The first-order chi connectivity index (χ1) is 8.54. The van der Waals surface area contributed by atoms with Crippen LogP contribution in [0.1, 0.15) is 12.0 Å². The second kappa shape index (κ2) is 7.16. The maximum atomic E-state index is 12.4. The lowest BCUT2D eigenvalue weighted by molar-refractivity contribution is -0.0518. The molecule has 0 radical (unpaired) electrons. The van der Waals surface area contributed by atoms with Crippen LogP contribution in [-0.4, -0.2) is 39.3 Å². The quantitative estimate of drug-likeness (QED) is 0.751. The van der Waals surface area contributed by atoms with Crippen LogP contribution < -0.4 is 9.47 Å². The lowest BCUT2D eigenvalue weighted by Crippen LogP contribution is -2.14. The first kappa shape index (κ1) is 14.7. The Labute approximate surface area is 106 Å². The van der Waals surface area contributed by atoms with E-state index < -0.39 is 6.61 Å². The van der Waals surface area contributed by atoms with Gasteiger partial charge in [0, 0.05) is 0 Å². The van der Waals surface area contributed by atoms with Crippen LogP contribution in [0, 0.1) is 0 Å². The van der Waals surface area contributed by atoms with Gasteiger partial charge in [0.05, 0.1) is 7.11 Å². The van der Waals surface area contributed by atoms with Crippen molar-refractivity contribution >= 4 is 0 Å². The summed E-state index contributed by atoms with van der Waals surface area (Å²) < 4.78 is 34.4. The molecule has 0 aliphatic carbocycles. The Bertz CT molecular complexity index is 370. The number of halogens is 2. The molecule has 102 valence electrons. The van der Waals surface area contributed by atoms with Crippen LogP contribution >= 0.6 is 0 Å². The van der Waals surface area contributed by atoms with E-state index in [9.17, 15) is 8.78 Å². The number of methoxy groups -OCH3 is 1. The predicted octanol–water partition coefficient (Wildman–Crippen LogP) is 2.79. The van der Waals surface area contributed by atoms with Crippen molar-refractivity contribution in [3.63, 3.8) is 0 Å². The monoisotopic (exact) mass is 259 g/mol. The molecule has 0 N–H and O–H groups in total. The van der Waals surface area contributed by atoms with Gasteiger partial charge in [0.2, 0.25) is 0 Å². The first-order valence-corrected chi connectivity index (χ1v) is 5.80. The largest absolute Gasteiger partial charge is 0.493 e. The highest BCUT2D eigenvalue weighted by molar-refractivity contribution is 5.46. The van der Waals surface area contributed by atoms with E-state index in [4.69, 9.17) is 4.74 Å². The predicted molar refractivity (Wildman–Crippen MR) is 66.5 cm³/mol. The molecule has 0 saturated carbocycles. The van der Waals surface area contributed by atoms with Gasteiger partial charge in [-0.3, -0.25) is 0 Å². The van der Waals surface area contributed by atoms with Gasteiger partial charge in [0.1, 0.15) is 0 Å². The van der Waals surface area contributed by atoms with Gasteiger partial charge in [-0.2, -0.15) is 8.78 Å². The molecule has 1 aromatic carbocycles. The van der Waals surface area contributed by atoms with Crippen LogP contribution in [-0.2, 0) is 6.42 Å². The Hall–Kier alpha value is -1.36. The summed E-state index contributed by atoms with van der Waals surface area (Å²) in [6.45, 7) is -1.94. The third kappa shape index (κ3) is 4.49. The molecule has 0 saturated heterocycles. The van der Waals surface area contributed by atoms with Crippen molar-refractivity contribution in [3.05, 3.63) is 23.8 Å². The van der Waals surface area contributed by atoms with Gasteiger partial charge >= 0.3 is 6.61 Å². The van der Waals surface area contributed by atoms with Crippen LogP contribution in [0.4, 0.5) is 8.78 Å².